The van der Waals surface area contributed by atoms with Crippen LogP contribution in [0.4, 0.5) is 0 Å². The number of hydrogen-bond donors (Lipinski definition) is 1. The summed E-state index contributed by atoms with van der Waals surface area (Å²) in [6.07, 6.45) is 9.97. The van der Waals surface area contributed by atoms with Crippen LogP contribution < -0.4 is 0 Å². The normalized spacial score (nSPS) is 28.2. The maximum atomic E-state index is 12.0. The fraction of sp³-hybridized carbons (Fsp3) is 0.650. The fourth-order valence-corrected chi connectivity index (χ4v) is 4.47. The van der Waals surface area contributed by atoms with Gasteiger partial charge in [0.25, 0.3) is 0 Å². The molecule has 2 aliphatic rings. The van der Waals surface area contributed by atoms with Gasteiger partial charge in [0.1, 0.15) is 0 Å². The van der Waals surface area contributed by atoms with Crippen LogP contribution in [-0.4, -0.2) is 11.1 Å². The van der Waals surface area contributed by atoms with Crippen molar-refractivity contribution in [3.8, 4) is 0 Å². The molecule has 2 heteroatoms. The molecule has 0 spiro atoms. The van der Waals surface area contributed by atoms with Gasteiger partial charge in [-0.1, -0.05) is 63.3 Å². The summed E-state index contributed by atoms with van der Waals surface area (Å²) < 4.78 is 0. The molecule has 1 aromatic carbocycles. The van der Waals surface area contributed by atoms with Crippen molar-refractivity contribution in [2.24, 2.45) is 5.92 Å². The molecule has 2 saturated carbocycles. The first-order valence-corrected chi connectivity index (χ1v) is 8.96. The minimum atomic E-state index is -0.629. The lowest BCUT2D eigenvalue weighted by Gasteiger charge is -2.34. The average Bonchev–Trinajstić information content (AvgIpc) is 2.56. The van der Waals surface area contributed by atoms with Crippen LogP contribution in [0.2, 0.25) is 0 Å². The lowest BCUT2D eigenvalue weighted by molar-refractivity contribution is -0.145. The van der Waals surface area contributed by atoms with E-state index in [2.05, 4.69) is 25.1 Å². The van der Waals surface area contributed by atoms with Gasteiger partial charge in [0.2, 0.25) is 0 Å². The highest BCUT2D eigenvalue weighted by Gasteiger charge is 2.41. The minimum absolute atomic E-state index is 0.624. The molecule has 0 bridgehead atoms. The monoisotopic (exact) mass is 300 g/mol. The number of rotatable bonds is 3. The van der Waals surface area contributed by atoms with E-state index in [0.717, 1.165) is 37.2 Å². The molecule has 0 aromatic heterocycles. The highest BCUT2D eigenvalue weighted by molar-refractivity contribution is 5.81. The van der Waals surface area contributed by atoms with E-state index in [4.69, 9.17) is 0 Å². The Hall–Kier alpha value is -1.31. The second-order valence-corrected chi connectivity index (χ2v) is 7.53. The summed E-state index contributed by atoms with van der Waals surface area (Å²) in [7, 11) is 0. The van der Waals surface area contributed by atoms with Crippen molar-refractivity contribution in [3.63, 3.8) is 0 Å². The molecule has 0 atom stereocenters. The van der Waals surface area contributed by atoms with Crippen molar-refractivity contribution in [1.82, 2.24) is 0 Å². The Bertz CT molecular complexity index is 520. The molecule has 1 aromatic rings. The van der Waals surface area contributed by atoms with Gasteiger partial charge >= 0.3 is 5.97 Å². The first-order chi connectivity index (χ1) is 10.6. The van der Waals surface area contributed by atoms with Crippen LogP contribution in [0.3, 0.4) is 0 Å². The van der Waals surface area contributed by atoms with Crippen molar-refractivity contribution in [2.45, 2.75) is 76.0 Å². The summed E-state index contributed by atoms with van der Waals surface area (Å²) in [6, 6.07) is 8.57. The molecule has 0 radical (unpaired) electrons. The Morgan fingerprint density at radius 1 is 1.09 bits per heavy atom. The summed E-state index contributed by atoms with van der Waals surface area (Å²) in [5, 5.41) is 9.88. The van der Waals surface area contributed by atoms with E-state index in [1.54, 1.807) is 0 Å². The quantitative estimate of drug-likeness (QED) is 0.826. The average molecular weight is 300 g/mol. The minimum Gasteiger partial charge on any atom is -0.481 e. The van der Waals surface area contributed by atoms with Gasteiger partial charge in [-0.15, -0.1) is 0 Å². The first kappa shape index (κ1) is 15.6. The van der Waals surface area contributed by atoms with Crippen LogP contribution >= 0.6 is 0 Å². The van der Waals surface area contributed by atoms with E-state index in [0.29, 0.717) is 5.92 Å². The zero-order valence-electron chi connectivity index (χ0n) is 13.7. The van der Waals surface area contributed by atoms with Gasteiger partial charge in [-0.3, -0.25) is 4.79 Å². The van der Waals surface area contributed by atoms with Crippen LogP contribution in [0.25, 0.3) is 0 Å². The predicted octanol–water partition coefficient (Wildman–Crippen LogP) is 5.27. The second kappa shape index (κ2) is 6.44. The van der Waals surface area contributed by atoms with Gasteiger partial charge in [0.05, 0.1) is 5.41 Å². The summed E-state index contributed by atoms with van der Waals surface area (Å²) in [4.78, 5) is 12.0. The molecule has 1 N–H and O–H groups in total. The molecule has 0 unspecified atom stereocenters. The standard InChI is InChI=1S/C20H28O2/c1-15-8-10-16(11-9-15)17-6-5-7-18(14-17)20(19(21)22)12-3-2-4-13-20/h5-7,14-16H,2-4,8-13H2,1H3,(H,21,22). The molecular formula is C20H28O2. The third-order valence-corrected chi connectivity index (χ3v) is 6.04. The number of aliphatic carboxylic acids is 1. The Balaban J connectivity index is 1.87. The molecular weight excluding hydrogens is 272 g/mol. The molecule has 2 fully saturated rings. The van der Waals surface area contributed by atoms with E-state index in [1.165, 1.54) is 37.7 Å². The number of carboxylic acid groups (broad SMARTS) is 1. The van der Waals surface area contributed by atoms with Gasteiger partial charge in [0, 0.05) is 0 Å². The number of carbonyl (C=O) groups is 1. The first-order valence-electron chi connectivity index (χ1n) is 8.96. The van der Waals surface area contributed by atoms with E-state index in [9.17, 15) is 9.90 Å². The van der Waals surface area contributed by atoms with E-state index < -0.39 is 11.4 Å². The SMILES string of the molecule is CC1CCC(c2cccc(C3(C(=O)O)CCCCC3)c2)CC1. The summed E-state index contributed by atoms with van der Waals surface area (Å²) in [5.41, 5.74) is 1.79. The molecule has 2 nitrogen and oxygen atoms in total. The maximum Gasteiger partial charge on any atom is 0.314 e. The van der Waals surface area contributed by atoms with Crippen molar-refractivity contribution in [3.05, 3.63) is 35.4 Å². The lowest BCUT2D eigenvalue weighted by atomic mass is 9.68. The summed E-state index contributed by atoms with van der Waals surface area (Å²) in [6.45, 7) is 2.34. The Morgan fingerprint density at radius 2 is 1.77 bits per heavy atom. The Labute approximate surface area is 133 Å². The van der Waals surface area contributed by atoms with Crippen molar-refractivity contribution < 1.29 is 9.90 Å². The van der Waals surface area contributed by atoms with Gasteiger partial charge < -0.3 is 5.11 Å². The van der Waals surface area contributed by atoms with E-state index >= 15 is 0 Å². The van der Waals surface area contributed by atoms with Crippen LogP contribution in [0.1, 0.15) is 81.8 Å². The van der Waals surface area contributed by atoms with Gasteiger partial charge in [0.15, 0.2) is 0 Å². The number of hydrogen-bond acceptors (Lipinski definition) is 1. The highest BCUT2D eigenvalue weighted by Crippen LogP contribution is 2.42. The van der Waals surface area contributed by atoms with Crippen LogP contribution in [0.5, 0.6) is 0 Å². The molecule has 0 saturated heterocycles. The molecule has 22 heavy (non-hydrogen) atoms. The molecule has 2 aliphatic carbocycles. The van der Waals surface area contributed by atoms with E-state index in [1.807, 2.05) is 6.07 Å². The summed E-state index contributed by atoms with van der Waals surface area (Å²) in [5.74, 6) is 0.857. The Kier molecular flexibility index (Phi) is 4.56. The van der Waals surface area contributed by atoms with Crippen molar-refractivity contribution in [1.29, 1.82) is 0 Å². The fourth-order valence-electron chi connectivity index (χ4n) is 4.47. The smallest absolute Gasteiger partial charge is 0.314 e. The number of carboxylic acids is 1. The van der Waals surface area contributed by atoms with Crippen molar-refractivity contribution in [2.75, 3.05) is 0 Å². The Morgan fingerprint density at radius 3 is 2.41 bits per heavy atom. The maximum absolute atomic E-state index is 12.0. The molecule has 120 valence electrons. The summed E-state index contributed by atoms with van der Waals surface area (Å²) >= 11 is 0. The molecule has 0 aliphatic heterocycles. The third-order valence-electron chi connectivity index (χ3n) is 6.04. The second-order valence-electron chi connectivity index (χ2n) is 7.53. The zero-order valence-corrected chi connectivity index (χ0v) is 13.7. The topological polar surface area (TPSA) is 37.3 Å². The van der Waals surface area contributed by atoms with Crippen LogP contribution in [0, 0.1) is 5.92 Å². The number of benzene rings is 1. The molecule has 0 heterocycles. The highest BCUT2D eigenvalue weighted by atomic mass is 16.4. The lowest BCUT2D eigenvalue weighted by Crippen LogP contribution is -2.37. The van der Waals surface area contributed by atoms with Crippen molar-refractivity contribution >= 4 is 5.97 Å². The van der Waals surface area contributed by atoms with Gasteiger partial charge in [-0.2, -0.15) is 0 Å². The molecule has 3 rings (SSSR count). The van der Waals surface area contributed by atoms with E-state index in [-0.39, 0.29) is 0 Å². The predicted molar refractivity (Wildman–Crippen MR) is 89.2 cm³/mol. The van der Waals surface area contributed by atoms with Crippen LogP contribution in [-0.2, 0) is 10.2 Å². The zero-order chi connectivity index (χ0) is 15.6. The largest absolute Gasteiger partial charge is 0.481 e. The third kappa shape index (κ3) is 2.93. The molecule has 0 amide bonds. The van der Waals surface area contributed by atoms with Crippen LogP contribution in [0.15, 0.2) is 24.3 Å². The van der Waals surface area contributed by atoms with Gasteiger partial charge in [-0.05, 0) is 48.6 Å². The van der Waals surface area contributed by atoms with Gasteiger partial charge in [-0.25, -0.2) is 0 Å².